The molecule has 0 spiro atoms. The summed E-state index contributed by atoms with van der Waals surface area (Å²) in [6.07, 6.45) is 1.59. The molecule has 0 fully saturated rings. The van der Waals surface area contributed by atoms with Crippen LogP contribution >= 0.6 is 0 Å². The van der Waals surface area contributed by atoms with E-state index < -0.39 is 0 Å². The molecule has 1 atom stereocenters. The van der Waals surface area contributed by atoms with Crippen LogP contribution in [-0.2, 0) is 0 Å². The second kappa shape index (κ2) is 6.29. The first-order chi connectivity index (χ1) is 9.60. The third-order valence-corrected chi connectivity index (χ3v) is 2.95. The molecular formula is C14H18N4O2. The molecule has 20 heavy (non-hydrogen) atoms. The van der Waals surface area contributed by atoms with Crippen molar-refractivity contribution >= 4 is 5.91 Å². The van der Waals surface area contributed by atoms with Gasteiger partial charge in [-0.2, -0.15) is 0 Å². The standard InChI is InChI=1S/C14H18N4O2/c1-10-3-5-12(6-4-10)18-8-13(16-17-18)14(20)15-7-11(2)9-19/h3-6,8,11,19H,7,9H2,1-2H3,(H,15,20). The van der Waals surface area contributed by atoms with Crippen LogP contribution in [0.3, 0.4) is 0 Å². The van der Waals surface area contributed by atoms with E-state index in [0.717, 1.165) is 11.3 Å². The van der Waals surface area contributed by atoms with E-state index in [4.69, 9.17) is 5.11 Å². The van der Waals surface area contributed by atoms with Gasteiger partial charge in [0.15, 0.2) is 5.69 Å². The zero-order valence-electron chi connectivity index (χ0n) is 11.6. The minimum atomic E-state index is -0.288. The van der Waals surface area contributed by atoms with Crippen molar-refractivity contribution in [3.8, 4) is 5.69 Å². The van der Waals surface area contributed by atoms with Crippen LogP contribution < -0.4 is 5.32 Å². The summed E-state index contributed by atoms with van der Waals surface area (Å²) in [4.78, 5) is 11.9. The number of carbonyl (C=O) groups is 1. The van der Waals surface area contributed by atoms with Crippen LogP contribution in [0.15, 0.2) is 30.5 Å². The van der Waals surface area contributed by atoms with Crippen molar-refractivity contribution in [2.75, 3.05) is 13.2 Å². The van der Waals surface area contributed by atoms with Gasteiger partial charge in [-0.1, -0.05) is 29.8 Å². The van der Waals surface area contributed by atoms with Crippen LogP contribution in [-0.4, -0.2) is 39.2 Å². The molecule has 2 rings (SSSR count). The highest BCUT2D eigenvalue weighted by Crippen LogP contribution is 2.08. The monoisotopic (exact) mass is 274 g/mol. The van der Waals surface area contributed by atoms with Crippen LogP contribution in [0.4, 0.5) is 0 Å². The van der Waals surface area contributed by atoms with Gasteiger partial charge in [0.1, 0.15) is 0 Å². The highest BCUT2D eigenvalue weighted by molar-refractivity contribution is 5.91. The number of aromatic nitrogens is 3. The van der Waals surface area contributed by atoms with Crippen LogP contribution in [0.25, 0.3) is 5.69 Å². The number of hydrogen-bond donors (Lipinski definition) is 2. The molecule has 1 amide bonds. The molecule has 106 valence electrons. The van der Waals surface area contributed by atoms with E-state index in [2.05, 4.69) is 15.6 Å². The molecule has 0 aliphatic carbocycles. The number of amides is 1. The molecule has 0 saturated heterocycles. The third-order valence-electron chi connectivity index (χ3n) is 2.95. The summed E-state index contributed by atoms with van der Waals surface area (Å²) >= 11 is 0. The number of carbonyl (C=O) groups excluding carboxylic acids is 1. The molecule has 0 aliphatic rings. The van der Waals surface area contributed by atoms with Crippen molar-refractivity contribution in [2.24, 2.45) is 5.92 Å². The zero-order chi connectivity index (χ0) is 14.5. The maximum absolute atomic E-state index is 11.9. The van der Waals surface area contributed by atoms with Gasteiger partial charge in [0.05, 0.1) is 11.9 Å². The van der Waals surface area contributed by atoms with Gasteiger partial charge >= 0.3 is 0 Å². The molecule has 0 bridgehead atoms. The maximum atomic E-state index is 11.9. The van der Waals surface area contributed by atoms with Crippen molar-refractivity contribution in [3.63, 3.8) is 0 Å². The predicted molar refractivity (Wildman–Crippen MR) is 74.7 cm³/mol. The summed E-state index contributed by atoms with van der Waals surface area (Å²) in [6, 6.07) is 7.78. The average molecular weight is 274 g/mol. The lowest BCUT2D eigenvalue weighted by molar-refractivity contribution is 0.0937. The smallest absolute Gasteiger partial charge is 0.273 e. The predicted octanol–water partition coefficient (Wildman–Crippen LogP) is 0.934. The summed E-state index contributed by atoms with van der Waals surface area (Å²) in [5, 5.41) is 19.4. The molecular weight excluding hydrogens is 256 g/mol. The maximum Gasteiger partial charge on any atom is 0.273 e. The second-order valence-electron chi connectivity index (χ2n) is 4.88. The Morgan fingerprint density at radius 2 is 2.10 bits per heavy atom. The largest absolute Gasteiger partial charge is 0.396 e. The first-order valence-electron chi connectivity index (χ1n) is 6.48. The van der Waals surface area contributed by atoms with Gasteiger partial charge in [-0.3, -0.25) is 4.79 Å². The zero-order valence-corrected chi connectivity index (χ0v) is 11.6. The van der Waals surface area contributed by atoms with Crippen molar-refractivity contribution < 1.29 is 9.90 Å². The number of benzene rings is 1. The number of aryl methyl sites for hydroxylation is 1. The van der Waals surface area contributed by atoms with Gasteiger partial charge in [-0.25, -0.2) is 4.68 Å². The van der Waals surface area contributed by atoms with Crippen LogP contribution in [0, 0.1) is 12.8 Å². The fourth-order valence-corrected chi connectivity index (χ4v) is 1.61. The fraction of sp³-hybridized carbons (Fsp3) is 0.357. The Labute approximate surface area is 117 Å². The number of nitrogens with zero attached hydrogens (tertiary/aromatic N) is 3. The summed E-state index contributed by atoms with van der Waals surface area (Å²) in [5.41, 5.74) is 2.27. The number of nitrogens with one attached hydrogen (secondary N) is 1. The Bertz CT molecular complexity index is 577. The fourth-order valence-electron chi connectivity index (χ4n) is 1.61. The van der Waals surface area contributed by atoms with Crippen molar-refractivity contribution in [1.82, 2.24) is 20.3 Å². The first-order valence-corrected chi connectivity index (χ1v) is 6.48. The Morgan fingerprint density at radius 1 is 1.40 bits per heavy atom. The summed E-state index contributed by atoms with van der Waals surface area (Å²) in [6.45, 7) is 4.30. The third kappa shape index (κ3) is 3.42. The molecule has 1 aromatic heterocycles. The van der Waals surface area contributed by atoms with E-state index in [1.807, 2.05) is 38.1 Å². The van der Waals surface area contributed by atoms with Crippen molar-refractivity contribution in [3.05, 3.63) is 41.7 Å². The Hall–Kier alpha value is -2.21. The lowest BCUT2D eigenvalue weighted by Crippen LogP contribution is -2.29. The molecule has 1 unspecified atom stereocenters. The molecule has 6 heteroatoms. The highest BCUT2D eigenvalue weighted by atomic mass is 16.3. The Balaban J connectivity index is 2.05. The normalized spacial score (nSPS) is 12.2. The number of aliphatic hydroxyl groups excluding tert-OH is 1. The Kier molecular flexibility index (Phi) is 4.47. The van der Waals surface area contributed by atoms with E-state index in [1.165, 1.54) is 0 Å². The number of hydrogen-bond acceptors (Lipinski definition) is 4. The van der Waals surface area contributed by atoms with Gasteiger partial charge in [0, 0.05) is 13.2 Å². The first kappa shape index (κ1) is 14.2. The number of rotatable bonds is 5. The second-order valence-corrected chi connectivity index (χ2v) is 4.88. The minimum absolute atomic E-state index is 0.0195. The lowest BCUT2D eigenvalue weighted by atomic mass is 10.2. The molecule has 6 nitrogen and oxygen atoms in total. The molecule has 0 aliphatic heterocycles. The highest BCUT2D eigenvalue weighted by Gasteiger charge is 2.12. The van der Waals surface area contributed by atoms with Crippen LogP contribution in [0.5, 0.6) is 0 Å². The Morgan fingerprint density at radius 3 is 2.75 bits per heavy atom. The van der Waals surface area contributed by atoms with Crippen molar-refractivity contribution in [2.45, 2.75) is 13.8 Å². The van der Waals surface area contributed by atoms with Gasteiger partial charge in [-0.05, 0) is 25.0 Å². The van der Waals surface area contributed by atoms with E-state index >= 15 is 0 Å². The van der Waals surface area contributed by atoms with E-state index in [0.29, 0.717) is 6.54 Å². The topological polar surface area (TPSA) is 80.0 Å². The van der Waals surface area contributed by atoms with Crippen LogP contribution in [0.1, 0.15) is 23.0 Å². The minimum Gasteiger partial charge on any atom is -0.396 e. The molecule has 1 heterocycles. The SMILES string of the molecule is Cc1ccc(-n2cc(C(=O)NCC(C)CO)nn2)cc1. The van der Waals surface area contributed by atoms with Gasteiger partial charge in [0.2, 0.25) is 0 Å². The van der Waals surface area contributed by atoms with E-state index in [9.17, 15) is 4.79 Å². The van der Waals surface area contributed by atoms with E-state index in [-0.39, 0.29) is 24.1 Å². The summed E-state index contributed by atoms with van der Waals surface area (Å²) < 4.78 is 1.56. The molecule has 0 radical (unpaired) electrons. The van der Waals surface area contributed by atoms with Gasteiger partial charge in [-0.15, -0.1) is 5.10 Å². The number of aliphatic hydroxyl groups is 1. The summed E-state index contributed by atoms with van der Waals surface area (Å²) in [5.74, 6) is -0.269. The lowest BCUT2D eigenvalue weighted by Gasteiger charge is -2.07. The average Bonchev–Trinajstić information content (AvgIpc) is 2.95. The molecule has 0 saturated carbocycles. The van der Waals surface area contributed by atoms with E-state index in [1.54, 1.807) is 10.9 Å². The molecule has 1 aromatic carbocycles. The van der Waals surface area contributed by atoms with Crippen LogP contribution in [0.2, 0.25) is 0 Å². The quantitative estimate of drug-likeness (QED) is 0.850. The van der Waals surface area contributed by atoms with Crippen molar-refractivity contribution in [1.29, 1.82) is 0 Å². The molecule has 2 N–H and O–H groups in total. The van der Waals surface area contributed by atoms with Gasteiger partial charge in [0.25, 0.3) is 5.91 Å². The molecule has 2 aromatic rings. The van der Waals surface area contributed by atoms with Gasteiger partial charge < -0.3 is 10.4 Å². The summed E-state index contributed by atoms with van der Waals surface area (Å²) in [7, 11) is 0.